The molecule has 8 heteroatoms. The summed E-state index contributed by atoms with van der Waals surface area (Å²) in [6.45, 7) is 1.43. The molecule has 0 aliphatic rings. The molecule has 0 unspecified atom stereocenters. The van der Waals surface area contributed by atoms with Gasteiger partial charge in [0.2, 0.25) is 0 Å². The average molecular weight is 396 g/mol. The van der Waals surface area contributed by atoms with Gasteiger partial charge in [0.1, 0.15) is 0 Å². The Morgan fingerprint density at radius 2 is 2.04 bits per heavy atom. The number of hydrogen-bond donors (Lipinski definition) is 1. The smallest absolute Gasteiger partial charge is 0.344 e. The van der Waals surface area contributed by atoms with E-state index in [1.54, 1.807) is 28.7 Å². The minimum atomic E-state index is -1.09. The molecular formula is C20H16N2O5S. The summed E-state index contributed by atoms with van der Waals surface area (Å²) in [5, 5.41) is 9.16. The third kappa shape index (κ3) is 2.97. The molecule has 2 aromatic carbocycles. The number of benzene rings is 2. The van der Waals surface area contributed by atoms with Crippen molar-refractivity contribution in [3.8, 4) is 11.5 Å². The van der Waals surface area contributed by atoms with Crippen LogP contribution in [0.5, 0.6) is 11.5 Å². The van der Waals surface area contributed by atoms with Crippen LogP contribution in [0.2, 0.25) is 0 Å². The second kappa shape index (κ2) is 6.97. The summed E-state index contributed by atoms with van der Waals surface area (Å²) in [7, 11) is 1.47. The maximum absolute atomic E-state index is 12.9. The Hall–Kier alpha value is -3.39. The molecule has 142 valence electrons. The predicted molar refractivity (Wildman–Crippen MR) is 106 cm³/mol. The maximum Gasteiger partial charge on any atom is 0.344 e. The molecule has 1 atom stereocenters. The van der Waals surface area contributed by atoms with E-state index in [0.29, 0.717) is 20.8 Å². The Bertz CT molecular complexity index is 1310. The molecule has 0 aliphatic heterocycles. The topological polar surface area (TPSA) is 90.1 Å². The lowest BCUT2D eigenvalue weighted by Gasteiger charge is -2.15. The summed E-state index contributed by atoms with van der Waals surface area (Å²) >= 11 is 1.26. The van der Waals surface area contributed by atoms with E-state index in [0.717, 1.165) is 11.0 Å². The summed E-state index contributed by atoms with van der Waals surface area (Å²) in [5.74, 6) is -0.432. The van der Waals surface area contributed by atoms with Crippen LogP contribution in [0.3, 0.4) is 0 Å². The van der Waals surface area contributed by atoms with Crippen molar-refractivity contribution >= 4 is 39.4 Å². The number of carboxylic acid groups (broad SMARTS) is 1. The molecule has 1 N–H and O–H groups in total. The van der Waals surface area contributed by atoms with Gasteiger partial charge in [-0.3, -0.25) is 4.79 Å². The quantitative estimate of drug-likeness (QED) is 0.557. The van der Waals surface area contributed by atoms with Gasteiger partial charge in [0.25, 0.3) is 5.56 Å². The van der Waals surface area contributed by atoms with E-state index in [1.807, 2.05) is 24.3 Å². The summed E-state index contributed by atoms with van der Waals surface area (Å²) in [6, 6.07) is 12.6. The number of aliphatic carboxylic acids is 1. The standard InChI is InChI=1S/C20H16N2O5S/c1-11(19(24)25)27-17-12(6-5-9-15(17)26-2)10-16-18(23)22-14-8-4-3-7-13(14)21-20(22)28-16/h3-11H,1-2H3,(H,24,25)/b16-10-/t11-/m0/s1. The van der Waals surface area contributed by atoms with E-state index in [4.69, 9.17) is 14.6 Å². The van der Waals surface area contributed by atoms with Gasteiger partial charge in [-0.25, -0.2) is 14.2 Å². The molecule has 0 saturated heterocycles. The van der Waals surface area contributed by atoms with Crippen molar-refractivity contribution in [3.63, 3.8) is 0 Å². The van der Waals surface area contributed by atoms with E-state index in [9.17, 15) is 9.59 Å². The van der Waals surface area contributed by atoms with Crippen LogP contribution in [-0.2, 0) is 4.79 Å². The molecule has 28 heavy (non-hydrogen) atoms. The number of methoxy groups -OCH3 is 1. The van der Waals surface area contributed by atoms with Crippen molar-refractivity contribution in [1.82, 2.24) is 9.38 Å². The first-order chi connectivity index (χ1) is 13.5. The Balaban J connectivity index is 1.90. The van der Waals surface area contributed by atoms with Crippen molar-refractivity contribution in [1.29, 1.82) is 0 Å². The first-order valence-electron chi connectivity index (χ1n) is 8.48. The molecular weight excluding hydrogens is 380 g/mol. The van der Waals surface area contributed by atoms with Gasteiger partial charge in [-0.05, 0) is 31.2 Å². The third-order valence-electron chi connectivity index (χ3n) is 4.30. The van der Waals surface area contributed by atoms with E-state index in [-0.39, 0.29) is 11.3 Å². The fourth-order valence-corrected chi connectivity index (χ4v) is 3.89. The average Bonchev–Trinajstić information content (AvgIpc) is 3.19. The number of para-hydroxylation sites is 3. The highest BCUT2D eigenvalue weighted by Crippen LogP contribution is 2.32. The SMILES string of the molecule is COc1cccc(/C=c2\sc3nc4ccccc4n3c2=O)c1O[C@@H](C)C(=O)O. The molecule has 0 aliphatic carbocycles. The molecule has 4 aromatic rings. The zero-order valence-electron chi connectivity index (χ0n) is 15.1. The molecule has 0 fully saturated rings. The van der Waals surface area contributed by atoms with Crippen LogP contribution in [0.4, 0.5) is 0 Å². The first-order valence-corrected chi connectivity index (χ1v) is 9.29. The molecule has 2 heterocycles. The number of ether oxygens (including phenoxy) is 2. The lowest BCUT2D eigenvalue weighted by molar-refractivity contribution is -0.144. The molecule has 0 spiro atoms. The van der Waals surface area contributed by atoms with Crippen LogP contribution in [0, 0.1) is 0 Å². The van der Waals surface area contributed by atoms with Crippen molar-refractivity contribution in [2.45, 2.75) is 13.0 Å². The number of carboxylic acids is 1. The maximum atomic E-state index is 12.9. The van der Waals surface area contributed by atoms with Gasteiger partial charge in [-0.2, -0.15) is 0 Å². The van der Waals surface area contributed by atoms with Gasteiger partial charge in [0, 0.05) is 5.56 Å². The van der Waals surface area contributed by atoms with Crippen molar-refractivity contribution in [2.75, 3.05) is 7.11 Å². The van der Waals surface area contributed by atoms with Gasteiger partial charge >= 0.3 is 5.97 Å². The molecule has 0 bridgehead atoms. The lowest BCUT2D eigenvalue weighted by atomic mass is 10.1. The highest BCUT2D eigenvalue weighted by molar-refractivity contribution is 7.15. The zero-order valence-corrected chi connectivity index (χ0v) is 15.9. The van der Waals surface area contributed by atoms with E-state index >= 15 is 0 Å². The number of aromatic nitrogens is 2. The number of rotatable bonds is 5. The molecule has 7 nitrogen and oxygen atoms in total. The van der Waals surface area contributed by atoms with Gasteiger partial charge in [0.05, 0.1) is 22.7 Å². The minimum Gasteiger partial charge on any atom is -0.493 e. The van der Waals surface area contributed by atoms with Crippen molar-refractivity contribution < 1.29 is 19.4 Å². The van der Waals surface area contributed by atoms with Crippen LogP contribution in [0.25, 0.3) is 22.1 Å². The van der Waals surface area contributed by atoms with Gasteiger partial charge in [-0.15, -0.1) is 0 Å². The fraction of sp³-hybridized carbons (Fsp3) is 0.150. The summed E-state index contributed by atoms with van der Waals surface area (Å²) in [4.78, 5) is 29.2. The van der Waals surface area contributed by atoms with Crippen LogP contribution >= 0.6 is 11.3 Å². The van der Waals surface area contributed by atoms with Gasteiger partial charge in [-0.1, -0.05) is 35.6 Å². The Labute approximate surface area is 163 Å². The number of hydrogen-bond acceptors (Lipinski definition) is 6. The molecule has 4 rings (SSSR count). The summed E-state index contributed by atoms with van der Waals surface area (Å²) < 4.78 is 12.9. The lowest BCUT2D eigenvalue weighted by Crippen LogP contribution is -2.24. The number of thiazole rings is 1. The largest absolute Gasteiger partial charge is 0.493 e. The van der Waals surface area contributed by atoms with Crippen LogP contribution in [0.1, 0.15) is 12.5 Å². The van der Waals surface area contributed by atoms with Gasteiger partial charge < -0.3 is 14.6 Å². The molecule has 2 aromatic heterocycles. The van der Waals surface area contributed by atoms with E-state index in [2.05, 4.69) is 4.98 Å². The third-order valence-corrected chi connectivity index (χ3v) is 5.27. The van der Waals surface area contributed by atoms with E-state index in [1.165, 1.54) is 25.4 Å². The second-order valence-electron chi connectivity index (χ2n) is 6.11. The highest BCUT2D eigenvalue weighted by atomic mass is 32.1. The number of fused-ring (bicyclic) bond motifs is 3. The van der Waals surface area contributed by atoms with Crippen molar-refractivity contribution in [3.05, 3.63) is 62.9 Å². The van der Waals surface area contributed by atoms with Crippen LogP contribution in [0.15, 0.2) is 47.3 Å². The predicted octanol–water partition coefficient (Wildman–Crippen LogP) is 2.32. The number of nitrogens with zero attached hydrogens (tertiary/aromatic N) is 2. The van der Waals surface area contributed by atoms with Gasteiger partial charge in [0.15, 0.2) is 22.6 Å². The summed E-state index contributed by atoms with van der Waals surface area (Å²) in [6.07, 6.45) is 0.600. The van der Waals surface area contributed by atoms with Crippen molar-refractivity contribution in [2.24, 2.45) is 0 Å². The first kappa shape index (κ1) is 18.0. The summed E-state index contributed by atoms with van der Waals surface area (Å²) in [5.41, 5.74) is 1.88. The Kier molecular flexibility index (Phi) is 4.48. The zero-order chi connectivity index (χ0) is 19.8. The second-order valence-corrected chi connectivity index (χ2v) is 7.12. The monoisotopic (exact) mass is 396 g/mol. The number of imidazole rings is 1. The highest BCUT2D eigenvalue weighted by Gasteiger charge is 2.18. The van der Waals surface area contributed by atoms with Crippen LogP contribution < -0.4 is 19.6 Å². The Morgan fingerprint density at radius 1 is 1.25 bits per heavy atom. The Morgan fingerprint density at radius 3 is 2.79 bits per heavy atom. The normalized spacial score (nSPS) is 13.1. The van der Waals surface area contributed by atoms with E-state index < -0.39 is 12.1 Å². The fourth-order valence-electron chi connectivity index (χ4n) is 2.91. The molecule has 0 amide bonds. The molecule has 0 saturated carbocycles. The number of carbonyl (C=O) groups is 1. The molecule has 0 radical (unpaired) electrons. The minimum absolute atomic E-state index is 0.186. The van der Waals surface area contributed by atoms with Crippen LogP contribution in [-0.4, -0.2) is 33.7 Å².